The Morgan fingerprint density at radius 1 is 1.02 bits per heavy atom. The molecule has 1 saturated carbocycles. The first-order valence-electron chi connectivity index (χ1n) is 14.8. The number of nitrogens with one attached hydrogen (secondary N) is 2. The van der Waals surface area contributed by atoms with Crippen molar-refractivity contribution in [2.75, 3.05) is 19.6 Å². The van der Waals surface area contributed by atoms with Crippen LogP contribution in [0.2, 0.25) is 0 Å². The fraction of sp³-hybridized carbons (Fsp3) is 0.667. The number of piperidine rings is 2. The molecule has 2 aromatic rings. The van der Waals surface area contributed by atoms with Crippen molar-refractivity contribution >= 4 is 28.9 Å². The maximum atomic E-state index is 13.3. The molecule has 218 valence electrons. The molecule has 10 heteroatoms. The van der Waals surface area contributed by atoms with Crippen LogP contribution < -0.4 is 16.3 Å². The van der Waals surface area contributed by atoms with Gasteiger partial charge in [-0.15, -0.1) is 0 Å². The number of fused-ring (bicyclic) bond motifs is 1. The van der Waals surface area contributed by atoms with Gasteiger partial charge >= 0.3 is 11.8 Å². The molecule has 3 fully saturated rings. The summed E-state index contributed by atoms with van der Waals surface area (Å²) in [6.07, 6.45) is 6.48. The fourth-order valence-electron chi connectivity index (χ4n) is 6.78. The minimum Gasteiger partial charge on any atom is -0.444 e. The molecule has 1 aromatic heterocycles. The lowest BCUT2D eigenvalue weighted by molar-refractivity contribution is -0.135. The first-order chi connectivity index (χ1) is 19.0. The Hall–Kier alpha value is -3.14. The van der Waals surface area contributed by atoms with Gasteiger partial charge in [-0.2, -0.15) is 0 Å². The van der Waals surface area contributed by atoms with Gasteiger partial charge in [-0.3, -0.25) is 24.0 Å². The van der Waals surface area contributed by atoms with Crippen molar-refractivity contribution < 1.29 is 19.1 Å². The van der Waals surface area contributed by atoms with Gasteiger partial charge in [0, 0.05) is 26.1 Å². The topological polar surface area (TPSA) is 115 Å². The third-order valence-electron chi connectivity index (χ3n) is 8.77. The van der Waals surface area contributed by atoms with E-state index >= 15 is 0 Å². The Bertz CT molecular complexity index is 1320. The van der Waals surface area contributed by atoms with E-state index in [0.717, 1.165) is 74.8 Å². The molecule has 2 N–H and O–H groups in total. The summed E-state index contributed by atoms with van der Waals surface area (Å²) in [7, 11) is 1.78. The Balaban J connectivity index is 1.18. The molecule has 2 aliphatic heterocycles. The average Bonchev–Trinajstić information content (AvgIpc) is 3.14. The van der Waals surface area contributed by atoms with Crippen molar-refractivity contribution in [3.63, 3.8) is 0 Å². The molecule has 2 saturated heterocycles. The van der Waals surface area contributed by atoms with Crippen molar-refractivity contribution in [2.45, 2.75) is 95.7 Å². The summed E-state index contributed by atoms with van der Waals surface area (Å²) in [5.41, 5.74) is 2.12. The number of amides is 3. The Kier molecular flexibility index (Phi) is 8.08. The summed E-state index contributed by atoms with van der Waals surface area (Å²) in [6, 6.07) is 5.54. The number of nitrogens with zero attached hydrogens (tertiary/aromatic N) is 3. The highest BCUT2D eigenvalue weighted by Gasteiger charge is 2.33. The minimum atomic E-state index is -0.666. The van der Waals surface area contributed by atoms with Gasteiger partial charge in [-0.05, 0) is 102 Å². The van der Waals surface area contributed by atoms with Crippen LogP contribution in [0.4, 0.5) is 4.79 Å². The predicted molar refractivity (Wildman–Crippen MR) is 152 cm³/mol. The van der Waals surface area contributed by atoms with Gasteiger partial charge in [0.15, 0.2) is 0 Å². The maximum Gasteiger partial charge on any atom is 0.407 e. The van der Waals surface area contributed by atoms with Crippen LogP contribution in [0.1, 0.15) is 89.7 Å². The first-order valence-corrected chi connectivity index (χ1v) is 14.8. The predicted octanol–water partition coefficient (Wildman–Crippen LogP) is 3.58. The van der Waals surface area contributed by atoms with Gasteiger partial charge in [0.2, 0.25) is 11.8 Å². The fourth-order valence-corrected chi connectivity index (χ4v) is 6.78. The number of aryl methyl sites for hydroxylation is 1. The molecule has 5 rings (SSSR count). The molecule has 10 nitrogen and oxygen atoms in total. The molecule has 0 bridgehead atoms. The van der Waals surface area contributed by atoms with Gasteiger partial charge in [0.1, 0.15) is 11.6 Å². The molecule has 3 heterocycles. The minimum absolute atomic E-state index is 0.191. The highest BCUT2D eigenvalue weighted by Crippen LogP contribution is 2.35. The third kappa shape index (κ3) is 6.11. The second-order valence-corrected chi connectivity index (χ2v) is 12.8. The van der Waals surface area contributed by atoms with E-state index in [2.05, 4.69) is 21.6 Å². The molecule has 3 aliphatic rings. The summed E-state index contributed by atoms with van der Waals surface area (Å²) >= 11 is 0. The summed E-state index contributed by atoms with van der Waals surface area (Å²) in [5.74, 6) is 0.295. The quantitative estimate of drug-likeness (QED) is 0.547. The van der Waals surface area contributed by atoms with Crippen LogP contribution in [0.15, 0.2) is 23.0 Å². The standard InChI is InChI=1S/C30H43N5O5/c1-30(2,3)40-28(38)31-21-10-8-19(9-11-21)18-34-16-14-20(15-17-34)22-6-5-7-23-26(22)33(4)29(39)35(23)24-12-13-25(36)32-27(24)37/h5-7,19-21,24H,8-18H2,1-4H3,(H,31,38)(H,32,36,37)/t19-,21-,24?. The molecule has 0 radical (unpaired) electrons. The monoisotopic (exact) mass is 553 g/mol. The lowest BCUT2D eigenvalue weighted by Crippen LogP contribution is -2.44. The van der Waals surface area contributed by atoms with Crippen LogP contribution in [0.5, 0.6) is 0 Å². The van der Waals surface area contributed by atoms with Crippen LogP contribution in [0.3, 0.4) is 0 Å². The van der Waals surface area contributed by atoms with E-state index in [9.17, 15) is 19.2 Å². The normalized spacial score (nSPS) is 25.1. The van der Waals surface area contributed by atoms with Gasteiger partial charge in [-0.1, -0.05) is 12.1 Å². The average molecular weight is 554 g/mol. The molecule has 1 unspecified atom stereocenters. The smallest absolute Gasteiger partial charge is 0.407 e. The van der Waals surface area contributed by atoms with Gasteiger partial charge < -0.3 is 15.0 Å². The SMILES string of the molecule is Cn1c(=O)n(C2CCC(=O)NC2=O)c2cccc(C3CCN(C[C@H]4CC[C@H](NC(=O)OC(C)(C)C)CC4)CC3)c21. The van der Waals surface area contributed by atoms with E-state index in [1.54, 1.807) is 16.2 Å². The molecule has 40 heavy (non-hydrogen) atoms. The van der Waals surface area contributed by atoms with E-state index in [-0.39, 0.29) is 30.2 Å². The third-order valence-corrected chi connectivity index (χ3v) is 8.77. The Morgan fingerprint density at radius 3 is 2.38 bits per heavy atom. The number of carbonyl (C=O) groups excluding carboxylic acids is 3. The van der Waals surface area contributed by atoms with Crippen molar-refractivity contribution in [2.24, 2.45) is 13.0 Å². The number of hydrogen-bond donors (Lipinski definition) is 2. The number of aromatic nitrogens is 2. The van der Waals surface area contributed by atoms with E-state index < -0.39 is 17.6 Å². The number of para-hydroxylation sites is 1. The zero-order valence-electron chi connectivity index (χ0n) is 24.2. The second kappa shape index (κ2) is 11.4. The number of hydrogen-bond acceptors (Lipinski definition) is 6. The number of benzene rings is 1. The number of carbonyl (C=O) groups is 3. The van der Waals surface area contributed by atoms with Crippen LogP contribution >= 0.6 is 0 Å². The number of alkyl carbamates (subject to hydrolysis) is 1. The number of ether oxygens (including phenoxy) is 1. The Morgan fingerprint density at radius 2 is 1.73 bits per heavy atom. The van der Waals surface area contributed by atoms with Crippen molar-refractivity contribution in [3.8, 4) is 0 Å². The summed E-state index contributed by atoms with van der Waals surface area (Å²) in [5, 5.41) is 5.42. The highest BCUT2D eigenvalue weighted by molar-refractivity contribution is 6.00. The molecule has 1 aromatic carbocycles. The summed E-state index contributed by atoms with van der Waals surface area (Å²) in [4.78, 5) is 52.2. The van der Waals surface area contributed by atoms with E-state index in [0.29, 0.717) is 18.3 Å². The van der Waals surface area contributed by atoms with Gasteiger partial charge in [0.05, 0.1) is 11.0 Å². The maximum absolute atomic E-state index is 13.3. The zero-order valence-corrected chi connectivity index (χ0v) is 24.2. The molecule has 1 atom stereocenters. The second-order valence-electron chi connectivity index (χ2n) is 12.8. The van der Waals surface area contributed by atoms with E-state index in [4.69, 9.17) is 4.74 Å². The molecule has 0 spiro atoms. The lowest BCUT2D eigenvalue weighted by atomic mass is 9.84. The van der Waals surface area contributed by atoms with Gasteiger partial charge in [0.25, 0.3) is 0 Å². The molecule has 3 amide bonds. The molecule has 1 aliphatic carbocycles. The number of likely N-dealkylation sites (tertiary alicyclic amines) is 1. The Labute approximate surface area is 235 Å². The van der Waals surface area contributed by atoms with Crippen LogP contribution in [0, 0.1) is 5.92 Å². The molecular formula is C30H43N5O5. The van der Waals surface area contributed by atoms with Crippen molar-refractivity contribution in [1.29, 1.82) is 0 Å². The van der Waals surface area contributed by atoms with Crippen LogP contribution in [-0.4, -0.2) is 63.2 Å². The van der Waals surface area contributed by atoms with Crippen LogP contribution in [0.25, 0.3) is 11.0 Å². The number of imide groups is 1. The van der Waals surface area contributed by atoms with Crippen molar-refractivity contribution in [3.05, 3.63) is 34.2 Å². The van der Waals surface area contributed by atoms with E-state index in [1.807, 2.05) is 32.9 Å². The van der Waals surface area contributed by atoms with Gasteiger partial charge in [-0.25, -0.2) is 9.59 Å². The zero-order chi connectivity index (χ0) is 28.6. The lowest BCUT2D eigenvalue weighted by Gasteiger charge is -2.37. The first kappa shape index (κ1) is 28.4. The van der Waals surface area contributed by atoms with Crippen LogP contribution in [-0.2, 0) is 21.4 Å². The number of imidazole rings is 1. The van der Waals surface area contributed by atoms with Crippen molar-refractivity contribution in [1.82, 2.24) is 24.7 Å². The molecular weight excluding hydrogens is 510 g/mol. The largest absolute Gasteiger partial charge is 0.444 e. The summed E-state index contributed by atoms with van der Waals surface area (Å²) < 4.78 is 8.65. The number of rotatable bonds is 5. The van der Waals surface area contributed by atoms with E-state index in [1.165, 1.54) is 0 Å². The summed E-state index contributed by atoms with van der Waals surface area (Å²) in [6.45, 7) is 8.75. The highest BCUT2D eigenvalue weighted by atomic mass is 16.6.